The Kier molecular flexibility index (Phi) is 4.25. The number of halogens is 1. The summed E-state index contributed by atoms with van der Waals surface area (Å²) in [7, 11) is 1.25. The number of hydrogen-bond donors (Lipinski definition) is 2. The second kappa shape index (κ2) is 5.24. The van der Waals surface area contributed by atoms with Gasteiger partial charge in [0.05, 0.1) is 12.1 Å². The average molecular weight is 221 g/mol. The summed E-state index contributed by atoms with van der Waals surface area (Å²) in [5.74, 6) is 0. The third-order valence-electron chi connectivity index (χ3n) is 2.24. The van der Waals surface area contributed by atoms with Crippen molar-refractivity contribution in [3.8, 4) is 0 Å². The minimum atomic E-state index is -1.40. The standard InChI is InChI=1S/C7H12FN3O4/c1-14-7-6(13)5(12)4(10-11-9)3(2-8)15-7/h3-7,12-13H,2H2,1H3/t3-,4-,5+,6-,7+/m1/s1. The van der Waals surface area contributed by atoms with Gasteiger partial charge < -0.3 is 19.7 Å². The van der Waals surface area contributed by atoms with E-state index in [1.165, 1.54) is 7.11 Å². The van der Waals surface area contributed by atoms with Crippen LogP contribution in [0.2, 0.25) is 0 Å². The highest BCUT2D eigenvalue weighted by atomic mass is 19.1. The summed E-state index contributed by atoms with van der Waals surface area (Å²) in [4.78, 5) is 2.46. The highest BCUT2D eigenvalue weighted by Crippen LogP contribution is 2.24. The van der Waals surface area contributed by atoms with Crippen LogP contribution in [0.25, 0.3) is 10.4 Å². The maximum Gasteiger partial charge on any atom is 0.186 e. The van der Waals surface area contributed by atoms with E-state index in [0.717, 1.165) is 0 Å². The summed E-state index contributed by atoms with van der Waals surface area (Å²) in [5, 5.41) is 22.2. The zero-order valence-electron chi connectivity index (χ0n) is 8.02. The molecule has 0 amide bonds. The zero-order chi connectivity index (χ0) is 11.4. The van der Waals surface area contributed by atoms with Crippen LogP contribution in [0.3, 0.4) is 0 Å². The van der Waals surface area contributed by atoms with Crippen molar-refractivity contribution >= 4 is 0 Å². The van der Waals surface area contributed by atoms with E-state index in [4.69, 9.17) is 15.0 Å². The molecule has 1 aliphatic heterocycles. The van der Waals surface area contributed by atoms with Crippen molar-refractivity contribution in [2.45, 2.75) is 30.6 Å². The topological polar surface area (TPSA) is 108 Å². The smallest absolute Gasteiger partial charge is 0.186 e. The van der Waals surface area contributed by atoms with Crippen molar-refractivity contribution in [2.75, 3.05) is 13.8 Å². The summed E-state index contributed by atoms with van der Waals surface area (Å²) in [6.07, 6.45) is -5.00. The average Bonchev–Trinajstić information content (AvgIpc) is 2.25. The van der Waals surface area contributed by atoms with Crippen molar-refractivity contribution in [1.29, 1.82) is 0 Å². The minimum absolute atomic E-state index is 0.937. The molecule has 8 heteroatoms. The Morgan fingerprint density at radius 2 is 2.20 bits per heavy atom. The molecule has 0 aromatic carbocycles. The molecule has 0 saturated carbocycles. The first-order chi connectivity index (χ1) is 7.15. The molecule has 2 N–H and O–H groups in total. The van der Waals surface area contributed by atoms with Gasteiger partial charge in [0.1, 0.15) is 18.9 Å². The van der Waals surface area contributed by atoms with Crippen molar-refractivity contribution < 1.29 is 24.1 Å². The number of methoxy groups -OCH3 is 1. The van der Waals surface area contributed by atoms with Crippen LogP contribution < -0.4 is 0 Å². The molecule has 0 spiro atoms. The highest BCUT2D eigenvalue weighted by molar-refractivity contribution is 4.94. The van der Waals surface area contributed by atoms with Gasteiger partial charge in [0, 0.05) is 12.0 Å². The van der Waals surface area contributed by atoms with Crippen molar-refractivity contribution in [1.82, 2.24) is 0 Å². The number of aliphatic hydroxyl groups excluding tert-OH is 2. The van der Waals surface area contributed by atoms with E-state index in [1.54, 1.807) is 0 Å². The van der Waals surface area contributed by atoms with Gasteiger partial charge in [-0.05, 0) is 5.53 Å². The Morgan fingerprint density at radius 1 is 1.53 bits per heavy atom. The lowest BCUT2D eigenvalue weighted by atomic mass is 9.97. The largest absolute Gasteiger partial charge is 0.390 e. The molecule has 15 heavy (non-hydrogen) atoms. The Morgan fingerprint density at radius 3 is 2.67 bits per heavy atom. The third kappa shape index (κ3) is 2.36. The molecule has 0 aromatic rings. The van der Waals surface area contributed by atoms with E-state index in [9.17, 15) is 14.6 Å². The number of hydrogen-bond acceptors (Lipinski definition) is 5. The quantitative estimate of drug-likeness (QED) is 0.388. The second-order valence-electron chi connectivity index (χ2n) is 3.11. The van der Waals surface area contributed by atoms with Crippen LogP contribution in [0.15, 0.2) is 5.11 Å². The molecule has 1 heterocycles. The van der Waals surface area contributed by atoms with E-state index in [2.05, 4.69) is 10.0 Å². The van der Waals surface area contributed by atoms with Crippen molar-refractivity contribution in [3.05, 3.63) is 10.4 Å². The van der Waals surface area contributed by atoms with E-state index in [-0.39, 0.29) is 0 Å². The Labute approximate surface area is 85.0 Å². The monoisotopic (exact) mass is 221 g/mol. The number of alkyl halides is 1. The van der Waals surface area contributed by atoms with Crippen LogP contribution in [0.5, 0.6) is 0 Å². The Hall–Kier alpha value is -0.920. The number of azide groups is 1. The summed E-state index contributed by atoms with van der Waals surface area (Å²) in [5.41, 5.74) is 8.22. The van der Waals surface area contributed by atoms with Crippen molar-refractivity contribution in [3.63, 3.8) is 0 Å². The first-order valence-electron chi connectivity index (χ1n) is 4.30. The summed E-state index contributed by atoms with van der Waals surface area (Å²) in [6, 6.07) is -1.15. The predicted molar refractivity (Wildman–Crippen MR) is 46.6 cm³/mol. The van der Waals surface area contributed by atoms with Crippen LogP contribution in [0.4, 0.5) is 4.39 Å². The molecule has 5 atom stereocenters. The van der Waals surface area contributed by atoms with Crippen molar-refractivity contribution in [2.24, 2.45) is 5.11 Å². The molecule has 0 bridgehead atoms. The fraction of sp³-hybridized carbons (Fsp3) is 1.00. The first kappa shape index (κ1) is 12.2. The number of aliphatic hydroxyl groups is 2. The van der Waals surface area contributed by atoms with Gasteiger partial charge in [-0.2, -0.15) is 0 Å². The molecule has 0 aliphatic carbocycles. The second-order valence-corrected chi connectivity index (χ2v) is 3.11. The van der Waals surface area contributed by atoms with Gasteiger partial charge in [0.2, 0.25) is 0 Å². The number of nitrogens with zero attached hydrogens (tertiary/aromatic N) is 3. The zero-order valence-corrected chi connectivity index (χ0v) is 8.02. The summed E-state index contributed by atoms with van der Waals surface area (Å²) >= 11 is 0. The lowest BCUT2D eigenvalue weighted by Gasteiger charge is -2.39. The lowest BCUT2D eigenvalue weighted by molar-refractivity contribution is -0.265. The van der Waals surface area contributed by atoms with E-state index < -0.39 is 37.3 Å². The van der Waals surface area contributed by atoms with Crippen LogP contribution in [0.1, 0.15) is 0 Å². The first-order valence-corrected chi connectivity index (χ1v) is 4.30. The fourth-order valence-corrected chi connectivity index (χ4v) is 1.44. The Balaban J connectivity index is 2.83. The fourth-order valence-electron chi connectivity index (χ4n) is 1.44. The molecule has 7 nitrogen and oxygen atoms in total. The summed E-state index contributed by atoms with van der Waals surface area (Å²) < 4.78 is 22.2. The Bertz CT molecular complexity index is 259. The van der Waals surface area contributed by atoms with E-state index in [0.29, 0.717) is 0 Å². The normalized spacial score (nSPS) is 40.9. The SMILES string of the molecule is CO[C@H]1O[C@H](CF)[C@@H](N=[N+]=[N-])[C@H](O)[C@H]1O. The van der Waals surface area contributed by atoms with E-state index >= 15 is 0 Å². The van der Waals surface area contributed by atoms with Gasteiger partial charge in [0.25, 0.3) is 0 Å². The maximum atomic E-state index is 12.5. The van der Waals surface area contributed by atoms with Gasteiger partial charge in [-0.15, -0.1) is 0 Å². The van der Waals surface area contributed by atoms with Crippen LogP contribution in [-0.4, -0.2) is 54.6 Å². The molecular formula is C7H12FN3O4. The minimum Gasteiger partial charge on any atom is -0.390 e. The van der Waals surface area contributed by atoms with Crippen LogP contribution in [0, 0.1) is 0 Å². The van der Waals surface area contributed by atoms with Crippen LogP contribution >= 0.6 is 0 Å². The lowest BCUT2D eigenvalue weighted by Crippen LogP contribution is -2.57. The highest BCUT2D eigenvalue weighted by Gasteiger charge is 2.44. The van der Waals surface area contributed by atoms with E-state index in [1.807, 2.05) is 0 Å². The molecule has 1 saturated heterocycles. The molecule has 86 valence electrons. The molecule has 0 radical (unpaired) electrons. The molecule has 1 aliphatic rings. The van der Waals surface area contributed by atoms with Gasteiger partial charge >= 0.3 is 0 Å². The van der Waals surface area contributed by atoms with Gasteiger partial charge in [0.15, 0.2) is 6.29 Å². The van der Waals surface area contributed by atoms with Gasteiger partial charge in [-0.25, -0.2) is 4.39 Å². The predicted octanol–water partition coefficient (Wildman–Crippen LogP) is -0.272. The molecule has 0 aromatic heterocycles. The number of rotatable bonds is 3. The molecular weight excluding hydrogens is 209 g/mol. The third-order valence-corrected chi connectivity index (χ3v) is 2.24. The maximum absolute atomic E-state index is 12.5. The van der Waals surface area contributed by atoms with Crippen LogP contribution in [-0.2, 0) is 9.47 Å². The van der Waals surface area contributed by atoms with Gasteiger partial charge in [-0.3, -0.25) is 0 Å². The molecule has 1 rings (SSSR count). The molecule has 0 unspecified atom stereocenters. The summed E-state index contributed by atoms with van der Waals surface area (Å²) in [6.45, 7) is -0.937. The molecule has 1 fully saturated rings. The number of ether oxygens (including phenoxy) is 2. The van der Waals surface area contributed by atoms with Gasteiger partial charge in [-0.1, -0.05) is 5.11 Å².